The average Bonchev–Trinajstić information content (AvgIpc) is 2.49. The summed E-state index contributed by atoms with van der Waals surface area (Å²) in [5.74, 6) is 1.06. The Morgan fingerprint density at radius 1 is 1.29 bits per heavy atom. The minimum Gasteiger partial charge on any atom is -0.468 e. The van der Waals surface area contributed by atoms with Gasteiger partial charge in [-0.15, -0.1) is 24.0 Å². The summed E-state index contributed by atoms with van der Waals surface area (Å²) >= 11 is 0. The molecular formula is C15H24F3IN4O. The van der Waals surface area contributed by atoms with Gasteiger partial charge in [0.15, 0.2) is 12.6 Å². The number of rotatable bonds is 6. The second-order valence-corrected chi connectivity index (χ2v) is 5.51. The Balaban J connectivity index is 0.00000529. The third-order valence-electron chi connectivity index (χ3n) is 3.23. The van der Waals surface area contributed by atoms with E-state index >= 15 is 0 Å². The van der Waals surface area contributed by atoms with Crippen LogP contribution in [0.4, 0.5) is 13.2 Å². The fourth-order valence-corrected chi connectivity index (χ4v) is 1.52. The highest BCUT2D eigenvalue weighted by molar-refractivity contribution is 14.0. The van der Waals surface area contributed by atoms with Gasteiger partial charge >= 0.3 is 6.18 Å². The van der Waals surface area contributed by atoms with Crippen molar-refractivity contribution in [2.75, 3.05) is 13.7 Å². The van der Waals surface area contributed by atoms with Crippen molar-refractivity contribution >= 4 is 29.9 Å². The van der Waals surface area contributed by atoms with Crippen LogP contribution in [0.25, 0.3) is 0 Å². The van der Waals surface area contributed by atoms with Crippen LogP contribution in [-0.4, -0.2) is 36.8 Å². The van der Waals surface area contributed by atoms with Gasteiger partial charge in [0.05, 0.1) is 0 Å². The molecule has 1 aromatic heterocycles. The van der Waals surface area contributed by atoms with E-state index in [2.05, 4.69) is 46.1 Å². The van der Waals surface area contributed by atoms with Crippen LogP contribution >= 0.6 is 24.0 Å². The fourth-order valence-electron chi connectivity index (χ4n) is 1.52. The van der Waals surface area contributed by atoms with Gasteiger partial charge < -0.3 is 15.4 Å². The Labute approximate surface area is 157 Å². The molecule has 1 heterocycles. The third-order valence-corrected chi connectivity index (χ3v) is 3.23. The molecule has 0 aliphatic carbocycles. The van der Waals surface area contributed by atoms with E-state index in [0.29, 0.717) is 18.4 Å². The monoisotopic (exact) mass is 460 g/mol. The lowest BCUT2D eigenvalue weighted by Gasteiger charge is -2.20. The number of guanidine groups is 1. The Kier molecular flexibility index (Phi) is 10.0. The Bertz CT molecular complexity index is 506. The van der Waals surface area contributed by atoms with Crippen molar-refractivity contribution in [3.8, 4) is 5.88 Å². The Morgan fingerprint density at radius 3 is 2.42 bits per heavy atom. The maximum atomic E-state index is 12.0. The molecule has 0 fully saturated rings. The highest BCUT2D eigenvalue weighted by atomic mass is 127. The van der Waals surface area contributed by atoms with Crippen LogP contribution in [0.15, 0.2) is 23.3 Å². The van der Waals surface area contributed by atoms with Gasteiger partial charge in [0.1, 0.15) is 0 Å². The maximum Gasteiger partial charge on any atom is 0.422 e. The number of alkyl halides is 3. The van der Waals surface area contributed by atoms with Gasteiger partial charge in [0, 0.05) is 31.9 Å². The number of aliphatic imine (C=N–C) groups is 1. The largest absolute Gasteiger partial charge is 0.468 e. The molecule has 9 heteroatoms. The lowest BCUT2D eigenvalue weighted by molar-refractivity contribution is -0.154. The van der Waals surface area contributed by atoms with E-state index < -0.39 is 12.8 Å². The van der Waals surface area contributed by atoms with Crippen LogP contribution in [0, 0.1) is 5.92 Å². The van der Waals surface area contributed by atoms with Crippen molar-refractivity contribution in [2.45, 2.75) is 39.5 Å². The van der Waals surface area contributed by atoms with Gasteiger partial charge in [0.2, 0.25) is 5.88 Å². The second-order valence-electron chi connectivity index (χ2n) is 5.51. The molecule has 0 spiro atoms. The lowest BCUT2D eigenvalue weighted by atomic mass is 10.1. The summed E-state index contributed by atoms with van der Waals surface area (Å²) < 4.78 is 40.7. The Hall–Kier alpha value is -1.26. The standard InChI is InChI=1S/C15H23F3N4O.HI/c1-10(2)11(3)22-14(19-4)21-8-12-5-6-13(20-7-12)23-9-15(16,17)18;/h5-7,10-11H,8-9H2,1-4H3,(H2,19,21,22);1H. The molecule has 0 aliphatic heterocycles. The van der Waals surface area contributed by atoms with Crippen molar-refractivity contribution in [1.82, 2.24) is 15.6 Å². The van der Waals surface area contributed by atoms with E-state index in [1.165, 1.54) is 12.3 Å². The molecule has 1 rings (SSSR count). The van der Waals surface area contributed by atoms with E-state index in [9.17, 15) is 13.2 Å². The van der Waals surface area contributed by atoms with Gasteiger partial charge in [-0.05, 0) is 18.4 Å². The molecule has 0 bridgehead atoms. The summed E-state index contributed by atoms with van der Waals surface area (Å²) in [4.78, 5) is 7.98. The average molecular weight is 460 g/mol. The van der Waals surface area contributed by atoms with E-state index in [-0.39, 0.29) is 35.9 Å². The third kappa shape index (κ3) is 9.14. The first-order valence-electron chi connectivity index (χ1n) is 7.33. The molecule has 0 amide bonds. The zero-order chi connectivity index (χ0) is 17.5. The number of aromatic nitrogens is 1. The molecule has 1 atom stereocenters. The molecule has 0 aliphatic rings. The number of hydrogen-bond donors (Lipinski definition) is 2. The molecule has 0 saturated carbocycles. The lowest BCUT2D eigenvalue weighted by Crippen LogP contribution is -2.43. The SMILES string of the molecule is CN=C(NCc1ccc(OCC(F)(F)F)nc1)NC(C)C(C)C.I. The van der Waals surface area contributed by atoms with Crippen LogP contribution < -0.4 is 15.4 Å². The van der Waals surface area contributed by atoms with E-state index in [0.717, 1.165) is 5.56 Å². The van der Waals surface area contributed by atoms with Crippen LogP contribution in [0.5, 0.6) is 5.88 Å². The van der Waals surface area contributed by atoms with Crippen LogP contribution in [0.3, 0.4) is 0 Å². The van der Waals surface area contributed by atoms with E-state index in [4.69, 9.17) is 0 Å². The molecule has 1 aromatic rings. The van der Waals surface area contributed by atoms with Crippen molar-refractivity contribution in [3.05, 3.63) is 23.9 Å². The smallest absolute Gasteiger partial charge is 0.422 e. The fraction of sp³-hybridized carbons (Fsp3) is 0.600. The molecule has 5 nitrogen and oxygen atoms in total. The first-order valence-corrected chi connectivity index (χ1v) is 7.33. The van der Waals surface area contributed by atoms with E-state index in [1.807, 2.05) is 0 Å². The number of ether oxygens (including phenoxy) is 1. The minimum absolute atomic E-state index is 0. The summed E-state index contributed by atoms with van der Waals surface area (Å²) in [6, 6.07) is 3.33. The second kappa shape index (κ2) is 10.6. The molecule has 24 heavy (non-hydrogen) atoms. The predicted octanol–water partition coefficient (Wildman–Crippen LogP) is 3.35. The minimum atomic E-state index is -4.37. The summed E-state index contributed by atoms with van der Waals surface area (Å²) in [5.41, 5.74) is 0.810. The highest BCUT2D eigenvalue weighted by Crippen LogP contribution is 2.16. The molecule has 0 radical (unpaired) electrons. The van der Waals surface area contributed by atoms with Gasteiger partial charge in [0.25, 0.3) is 0 Å². The first-order chi connectivity index (χ1) is 10.7. The summed E-state index contributed by atoms with van der Waals surface area (Å²) in [6.07, 6.45) is -2.90. The van der Waals surface area contributed by atoms with Crippen molar-refractivity contribution in [1.29, 1.82) is 0 Å². The molecule has 0 saturated heterocycles. The van der Waals surface area contributed by atoms with E-state index in [1.54, 1.807) is 13.1 Å². The number of halogens is 4. The molecular weight excluding hydrogens is 436 g/mol. The number of hydrogen-bond acceptors (Lipinski definition) is 3. The predicted molar refractivity (Wildman–Crippen MR) is 98.8 cm³/mol. The van der Waals surface area contributed by atoms with Crippen molar-refractivity contribution < 1.29 is 17.9 Å². The quantitative estimate of drug-likeness (QED) is 0.389. The number of nitrogens with zero attached hydrogens (tertiary/aromatic N) is 2. The van der Waals surface area contributed by atoms with Gasteiger partial charge in [-0.3, -0.25) is 4.99 Å². The van der Waals surface area contributed by atoms with Crippen molar-refractivity contribution in [3.63, 3.8) is 0 Å². The van der Waals surface area contributed by atoms with Gasteiger partial charge in [-0.1, -0.05) is 19.9 Å². The highest BCUT2D eigenvalue weighted by Gasteiger charge is 2.28. The first kappa shape index (κ1) is 22.7. The topological polar surface area (TPSA) is 58.5 Å². The van der Waals surface area contributed by atoms with Gasteiger partial charge in [-0.2, -0.15) is 13.2 Å². The molecule has 2 N–H and O–H groups in total. The normalized spacial score (nSPS) is 13.2. The van der Waals surface area contributed by atoms with Crippen molar-refractivity contribution in [2.24, 2.45) is 10.9 Å². The zero-order valence-electron chi connectivity index (χ0n) is 14.1. The summed E-state index contributed by atoms with van der Waals surface area (Å²) in [5, 5.41) is 6.38. The van der Waals surface area contributed by atoms with Gasteiger partial charge in [-0.25, -0.2) is 4.98 Å². The summed E-state index contributed by atoms with van der Waals surface area (Å²) in [6.45, 7) is 5.38. The zero-order valence-corrected chi connectivity index (χ0v) is 16.5. The number of nitrogens with one attached hydrogen (secondary N) is 2. The molecule has 1 unspecified atom stereocenters. The van der Waals surface area contributed by atoms with Crippen LogP contribution in [0.2, 0.25) is 0 Å². The van der Waals surface area contributed by atoms with Crippen LogP contribution in [0.1, 0.15) is 26.3 Å². The van der Waals surface area contributed by atoms with Crippen LogP contribution in [-0.2, 0) is 6.54 Å². The summed E-state index contributed by atoms with van der Waals surface area (Å²) in [7, 11) is 1.68. The molecule has 138 valence electrons. The maximum absolute atomic E-state index is 12.0. The Morgan fingerprint density at radius 2 is 1.96 bits per heavy atom. The molecule has 0 aromatic carbocycles. The number of pyridine rings is 1.